The van der Waals surface area contributed by atoms with E-state index in [0.717, 1.165) is 12.8 Å². The van der Waals surface area contributed by atoms with Crippen molar-refractivity contribution in [2.24, 2.45) is 0 Å². The zero-order valence-electron chi connectivity index (χ0n) is 13.8. The Morgan fingerprint density at radius 3 is 2.96 bits per heavy atom. The maximum atomic E-state index is 12.5. The summed E-state index contributed by atoms with van der Waals surface area (Å²) in [5.41, 5.74) is 0.678. The number of carbonyl (C=O) groups excluding carboxylic acids is 1. The van der Waals surface area contributed by atoms with Gasteiger partial charge in [0.2, 0.25) is 17.9 Å². The number of hydrogen-bond donors (Lipinski definition) is 1. The predicted octanol–water partition coefficient (Wildman–Crippen LogP) is 2.64. The normalized spacial score (nSPS) is 17.6. The molecule has 1 aromatic carbocycles. The van der Waals surface area contributed by atoms with Crippen molar-refractivity contribution in [2.45, 2.75) is 49.1 Å². The molecule has 1 aliphatic heterocycles. The summed E-state index contributed by atoms with van der Waals surface area (Å²) in [6, 6.07) is 5.70. The molecular formula is C16H19N5O3S. The first-order valence-corrected chi connectivity index (χ1v) is 9.24. The van der Waals surface area contributed by atoms with Crippen LogP contribution in [0.1, 0.15) is 38.6 Å². The summed E-state index contributed by atoms with van der Waals surface area (Å²) < 4.78 is 12.5. The van der Waals surface area contributed by atoms with Crippen LogP contribution in [0.2, 0.25) is 0 Å². The van der Waals surface area contributed by atoms with Crippen LogP contribution >= 0.6 is 11.8 Å². The first-order chi connectivity index (χ1) is 12.2. The Morgan fingerprint density at radius 1 is 1.32 bits per heavy atom. The van der Waals surface area contributed by atoms with Gasteiger partial charge < -0.3 is 14.8 Å². The number of ether oxygens (including phenoxy) is 2. The van der Waals surface area contributed by atoms with E-state index in [4.69, 9.17) is 9.47 Å². The summed E-state index contributed by atoms with van der Waals surface area (Å²) in [4.78, 5) is 12.5. The predicted molar refractivity (Wildman–Crippen MR) is 91.8 cm³/mol. The van der Waals surface area contributed by atoms with Gasteiger partial charge in [0.25, 0.3) is 0 Å². The van der Waals surface area contributed by atoms with Crippen molar-refractivity contribution in [1.82, 2.24) is 20.2 Å². The Labute approximate surface area is 149 Å². The van der Waals surface area contributed by atoms with Gasteiger partial charge in [-0.3, -0.25) is 4.79 Å². The SMILES string of the molecule is CC(Sc1nnnn1C1CCCC1)C(=O)Nc1ccc2c(c1)OCO2. The minimum atomic E-state index is -0.323. The third-order valence-corrected chi connectivity index (χ3v) is 5.47. The van der Waals surface area contributed by atoms with E-state index in [1.165, 1.54) is 24.6 Å². The molecule has 2 aliphatic rings. The molecule has 25 heavy (non-hydrogen) atoms. The molecule has 1 aromatic heterocycles. The van der Waals surface area contributed by atoms with E-state index in [2.05, 4.69) is 20.8 Å². The lowest BCUT2D eigenvalue weighted by Gasteiger charge is -2.14. The van der Waals surface area contributed by atoms with Gasteiger partial charge in [0.1, 0.15) is 0 Å². The second kappa shape index (κ2) is 6.91. The number of benzene rings is 1. The molecule has 1 unspecified atom stereocenters. The van der Waals surface area contributed by atoms with Crippen LogP contribution in [0.15, 0.2) is 23.4 Å². The Hall–Kier alpha value is -2.29. The lowest BCUT2D eigenvalue weighted by atomic mass is 10.2. The van der Waals surface area contributed by atoms with Crippen LogP contribution in [0, 0.1) is 0 Å². The fourth-order valence-corrected chi connectivity index (χ4v) is 3.93. The highest BCUT2D eigenvalue weighted by molar-refractivity contribution is 8.00. The fourth-order valence-electron chi connectivity index (χ4n) is 3.07. The van der Waals surface area contributed by atoms with Crippen LogP contribution in [0.3, 0.4) is 0 Å². The lowest BCUT2D eigenvalue weighted by Crippen LogP contribution is -2.23. The Morgan fingerprint density at radius 2 is 2.12 bits per heavy atom. The maximum absolute atomic E-state index is 12.5. The van der Waals surface area contributed by atoms with Gasteiger partial charge >= 0.3 is 0 Å². The Kier molecular flexibility index (Phi) is 4.48. The number of hydrogen-bond acceptors (Lipinski definition) is 7. The van der Waals surface area contributed by atoms with Gasteiger partial charge in [0.15, 0.2) is 11.5 Å². The molecule has 0 bridgehead atoms. The number of fused-ring (bicyclic) bond motifs is 1. The molecule has 1 fully saturated rings. The Bertz CT molecular complexity index is 775. The second-order valence-electron chi connectivity index (χ2n) is 6.16. The van der Waals surface area contributed by atoms with Crippen LogP contribution in [-0.4, -0.2) is 38.2 Å². The fraction of sp³-hybridized carbons (Fsp3) is 0.500. The van der Waals surface area contributed by atoms with Crippen LogP contribution in [0.4, 0.5) is 5.69 Å². The average molecular weight is 361 g/mol. The van der Waals surface area contributed by atoms with Gasteiger partial charge in [-0.05, 0) is 42.3 Å². The van der Waals surface area contributed by atoms with Crippen molar-refractivity contribution in [3.05, 3.63) is 18.2 Å². The molecular weight excluding hydrogens is 342 g/mol. The molecule has 2 aromatic rings. The number of aromatic nitrogens is 4. The van der Waals surface area contributed by atoms with Gasteiger partial charge in [-0.1, -0.05) is 24.6 Å². The molecule has 8 nitrogen and oxygen atoms in total. The van der Waals surface area contributed by atoms with E-state index < -0.39 is 0 Å². The van der Waals surface area contributed by atoms with Crippen molar-refractivity contribution in [1.29, 1.82) is 0 Å². The number of carbonyl (C=O) groups is 1. The molecule has 9 heteroatoms. The molecule has 1 N–H and O–H groups in total. The number of rotatable bonds is 5. The minimum Gasteiger partial charge on any atom is -0.454 e. The summed E-state index contributed by atoms with van der Waals surface area (Å²) in [6.07, 6.45) is 4.59. The van der Waals surface area contributed by atoms with E-state index >= 15 is 0 Å². The lowest BCUT2D eigenvalue weighted by molar-refractivity contribution is -0.115. The van der Waals surface area contributed by atoms with Crippen molar-refractivity contribution < 1.29 is 14.3 Å². The van der Waals surface area contributed by atoms with Crippen LogP contribution in [-0.2, 0) is 4.79 Å². The number of amides is 1. The van der Waals surface area contributed by atoms with Gasteiger partial charge in [0, 0.05) is 11.8 Å². The van der Waals surface area contributed by atoms with Gasteiger partial charge in [-0.25, -0.2) is 4.68 Å². The Balaban J connectivity index is 1.40. The molecule has 132 valence electrons. The quantitative estimate of drug-likeness (QED) is 0.819. The summed E-state index contributed by atoms with van der Waals surface area (Å²) in [7, 11) is 0. The first kappa shape index (κ1) is 16.2. The number of nitrogens with zero attached hydrogens (tertiary/aromatic N) is 4. The monoisotopic (exact) mass is 361 g/mol. The summed E-state index contributed by atoms with van der Waals surface area (Å²) in [5.74, 6) is 1.23. The van der Waals surface area contributed by atoms with Gasteiger partial charge in [-0.15, -0.1) is 5.10 Å². The standard InChI is InChI=1S/C16H19N5O3S/c1-10(25-16-18-19-20-21(16)12-4-2-3-5-12)15(22)17-11-6-7-13-14(8-11)24-9-23-13/h6-8,10,12H,2-5,9H2,1H3,(H,17,22). The summed E-state index contributed by atoms with van der Waals surface area (Å²) in [5, 5.41) is 15.2. The number of tetrazole rings is 1. The van der Waals surface area contributed by atoms with Crippen LogP contribution in [0.25, 0.3) is 0 Å². The molecule has 0 radical (unpaired) electrons. The summed E-state index contributed by atoms with van der Waals surface area (Å²) in [6.45, 7) is 2.06. The van der Waals surface area contributed by atoms with Gasteiger partial charge in [0.05, 0.1) is 11.3 Å². The molecule has 1 saturated carbocycles. The number of nitrogens with one attached hydrogen (secondary N) is 1. The van der Waals surface area contributed by atoms with Crippen molar-refractivity contribution in [2.75, 3.05) is 12.1 Å². The van der Waals surface area contributed by atoms with Crippen LogP contribution < -0.4 is 14.8 Å². The number of thioether (sulfide) groups is 1. The highest BCUT2D eigenvalue weighted by Gasteiger charge is 2.25. The maximum Gasteiger partial charge on any atom is 0.237 e. The average Bonchev–Trinajstić information content (AvgIpc) is 3.35. The first-order valence-electron chi connectivity index (χ1n) is 8.36. The topological polar surface area (TPSA) is 91.2 Å². The van der Waals surface area contributed by atoms with Crippen molar-refractivity contribution >= 4 is 23.4 Å². The molecule has 0 saturated heterocycles. The third-order valence-electron chi connectivity index (χ3n) is 4.42. The van der Waals surface area contributed by atoms with E-state index in [-0.39, 0.29) is 18.0 Å². The van der Waals surface area contributed by atoms with Crippen molar-refractivity contribution in [3.63, 3.8) is 0 Å². The van der Waals surface area contributed by atoms with Crippen LogP contribution in [0.5, 0.6) is 11.5 Å². The molecule has 1 amide bonds. The van der Waals surface area contributed by atoms with E-state index in [0.29, 0.717) is 28.4 Å². The zero-order chi connectivity index (χ0) is 17.2. The van der Waals surface area contributed by atoms with E-state index in [1.807, 2.05) is 11.6 Å². The highest BCUT2D eigenvalue weighted by atomic mass is 32.2. The largest absolute Gasteiger partial charge is 0.454 e. The molecule has 1 atom stereocenters. The number of anilines is 1. The molecule has 2 heterocycles. The molecule has 0 spiro atoms. The zero-order valence-corrected chi connectivity index (χ0v) is 14.7. The van der Waals surface area contributed by atoms with E-state index in [9.17, 15) is 4.79 Å². The molecule has 4 rings (SSSR count). The van der Waals surface area contributed by atoms with E-state index in [1.54, 1.807) is 18.2 Å². The third kappa shape index (κ3) is 3.41. The molecule has 1 aliphatic carbocycles. The smallest absolute Gasteiger partial charge is 0.237 e. The van der Waals surface area contributed by atoms with Gasteiger partial charge in [-0.2, -0.15) is 0 Å². The highest BCUT2D eigenvalue weighted by Crippen LogP contribution is 2.35. The summed E-state index contributed by atoms with van der Waals surface area (Å²) >= 11 is 1.38. The minimum absolute atomic E-state index is 0.107. The van der Waals surface area contributed by atoms with Crippen molar-refractivity contribution in [3.8, 4) is 11.5 Å². The second-order valence-corrected chi connectivity index (χ2v) is 7.47.